The van der Waals surface area contributed by atoms with E-state index in [1.54, 1.807) is 12.1 Å². The molecule has 2 N–H and O–H groups in total. The minimum absolute atomic E-state index is 0.205. The lowest BCUT2D eigenvalue weighted by Crippen LogP contribution is -1.95. The van der Waals surface area contributed by atoms with Crippen molar-refractivity contribution in [1.82, 2.24) is 0 Å². The molecule has 0 aliphatic heterocycles. The van der Waals surface area contributed by atoms with Gasteiger partial charge in [0.15, 0.2) is 0 Å². The molecule has 0 atom stereocenters. The van der Waals surface area contributed by atoms with Crippen LogP contribution in [0.5, 0.6) is 5.75 Å². The number of unbranched alkanes of at least 4 members (excludes halogenated alkanes) is 1. The normalized spacial score (nSPS) is 10.0. The lowest BCUT2D eigenvalue weighted by atomic mass is 10.0. The van der Waals surface area contributed by atoms with Crippen LogP contribution < -0.4 is 0 Å². The molecule has 0 unspecified atom stereocenters. The van der Waals surface area contributed by atoms with Gasteiger partial charge in [-0.2, -0.15) is 0 Å². The minimum Gasteiger partial charge on any atom is -0.507 e. The molecule has 0 radical (unpaired) electrons. The first-order valence-electron chi connectivity index (χ1n) is 5.29. The van der Waals surface area contributed by atoms with Gasteiger partial charge in [0.1, 0.15) is 5.75 Å². The Morgan fingerprint density at radius 2 is 2.12 bits per heavy atom. The predicted octanol–water partition coefficient (Wildman–Crippen LogP) is 2.83. The number of aliphatic carboxylic acids is 1. The Labute approximate surface area is 95.0 Å². The molecular formula is C13H16O3. The highest BCUT2D eigenvalue weighted by molar-refractivity contribution is 5.66. The van der Waals surface area contributed by atoms with Crippen molar-refractivity contribution in [3.8, 4) is 5.75 Å². The number of aromatic hydroxyl groups is 1. The standard InChI is InChI=1S/C13H16O3/c1-2-11-8-7-10(9-12(11)14)5-3-4-6-13(15)16/h2,7-9,14H,1,3-6H2,(H,15,16). The molecule has 0 saturated heterocycles. The summed E-state index contributed by atoms with van der Waals surface area (Å²) in [5.41, 5.74) is 1.74. The fourth-order valence-corrected chi connectivity index (χ4v) is 1.52. The lowest BCUT2D eigenvalue weighted by Gasteiger charge is -2.04. The maximum absolute atomic E-state index is 10.3. The van der Waals surface area contributed by atoms with E-state index in [0.717, 1.165) is 18.4 Å². The van der Waals surface area contributed by atoms with Crippen molar-refractivity contribution in [1.29, 1.82) is 0 Å². The molecule has 0 aliphatic carbocycles. The second kappa shape index (κ2) is 5.95. The maximum Gasteiger partial charge on any atom is 0.303 e. The third-order valence-electron chi connectivity index (χ3n) is 2.42. The van der Waals surface area contributed by atoms with Crippen molar-refractivity contribution in [2.75, 3.05) is 0 Å². The predicted molar refractivity (Wildman–Crippen MR) is 63.4 cm³/mol. The van der Waals surface area contributed by atoms with E-state index in [-0.39, 0.29) is 12.2 Å². The lowest BCUT2D eigenvalue weighted by molar-refractivity contribution is -0.137. The molecule has 0 aromatic heterocycles. The van der Waals surface area contributed by atoms with Crippen LogP contribution in [-0.2, 0) is 11.2 Å². The molecule has 16 heavy (non-hydrogen) atoms. The van der Waals surface area contributed by atoms with Crippen LogP contribution in [0.15, 0.2) is 24.8 Å². The van der Waals surface area contributed by atoms with E-state index in [1.165, 1.54) is 0 Å². The molecule has 86 valence electrons. The summed E-state index contributed by atoms with van der Waals surface area (Å²) in [7, 11) is 0. The van der Waals surface area contributed by atoms with Crippen LogP contribution in [-0.4, -0.2) is 16.2 Å². The molecule has 0 fully saturated rings. The maximum atomic E-state index is 10.3. The summed E-state index contributed by atoms with van der Waals surface area (Å²) in [5.74, 6) is -0.532. The SMILES string of the molecule is C=Cc1ccc(CCCCC(=O)O)cc1O. The quantitative estimate of drug-likeness (QED) is 0.725. The van der Waals surface area contributed by atoms with Gasteiger partial charge in [-0.1, -0.05) is 24.8 Å². The second-order valence-electron chi connectivity index (χ2n) is 3.70. The molecule has 0 spiro atoms. The zero-order valence-electron chi connectivity index (χ0n) is 9.15. The van der Waals surface area contributed by atoms with Crippen LogP contribution >= 0.6 is 0 Å². The summed E-state index contributed by atoms with van der Waals surface area (Å²) in [6.07, 6.45) is 4.08. The average molecular weight is 220 g/mol. The molecule has 0 aliphatic rings. The number of phenols is 1. The van der Waals surface area contributed by atoms with Gasteiger partial charge in [-0.25, -0.2) is 0 Å². The topological polar surface area (TPSA) is 57.5 Å². The Hall–Kier alpha value is -1.77. The van der Waals surface area contributed by atoms with Gasteiger partial charge >= 0.3 is 5.97 Å². The number of hydrogen-bond acceptors (Lipinski definition) is 2. The Balaban J connectivity index is 2.46. The molecule has 0 heterocycles. The monoisotopic (exact) mass is 220 g/mol. The molecule has 0 amide bonds. The molecule has 1 aromatic rings. The molecule has 1 aromatic carbocycles. The minimum atomic E-state index is -0.759. The van der Waals surface area contributed by atoms with Gasteiger partial charge in [-0.15, -0.1) is 0 Å². The first-order chi connectivity index (χ1) is 7.63. The van der Waals surface area contributed by atoms with Gasteiger partial charge in [0.2, 0.25) is 0 Å². The second-order valence-corrected chi connectivity index (χ2v) is 3.70. The smallest absolute Gasteiger partial charge is 0.303 e. The van der Waals surface area contributed by atoms with Crippen molar-refractivity contribution in [2.24, 2.45) is 0 Å². The van der Waals surface area contributed by atoms with Crippen LogP contribution in [0, 0.1) is 0 Å². The highest BCUT2D eigenvalue weighted by Crippen LogP contribution is 2.20. The number of carboxylic acid groups (broad SMARTS) is 1. The number of carbonyl (C=O) groups is 1. The van der Waals surface area contributed by atoms with E-state index in [2.05, 4.69) is 6.58 Å². The fraction of sp³-hybridized carbons (Fsp3) is 0.308. The van der Waals surface area contributed by atoms with E-state index >= 15 is 0 Å². The molecular weight excluding hydrogens is 204 g/mol. The molecule has 0 saturated carbocycles. The number of hydrogen-bond donors (Lipinski definition) is 2. The summed E-state index contributed by atoms with van der Waals surface area (Å²) in [5, 5.41) is 18.0. The van der Waals surface area contributed by atoms with Crippen LogP contribution in [0.4, 0.5) is 0 Å². The van der Waals surface area contributed by atoms with E-state index in [4.69, 9.17) is 5.11 Å². The summed E-state index contributed by atoms with van der Waals surface area (Å²) in [6, 6.07) is 5.45. The molecule has 3 heteroatoms. The van der Waals surface area contributed by atoms with Crippen LogP contribution in [0.2, 0.25) is 0 Å². The Bertz CT molecular complexity index is 383. The van der Waals surface area contributed by atoms with Crippen molar-refractivity contribution >= 4 is 12.0 Å². The highest BCUT2D eigenvalue weighted by atomic mass is 16.4. The summed E-state index contributed by atoms with van der Waals surface area (Å²) in [4.78, 5) is 10.3. The Kier molecular flexibility index (Phi) is 4.58. The number of rotatable bonds is 6. The van der Waals surface area contributed by atoms with Gasteiger partial charge in [-0.05, 0) is 30.9 Å². The number of phenolic OH excluding ortho intramolecular Hbond substituents is 1. The number of aryl methyl sites for hydroxylation is 1. The Morgan fingerprint density at radius 1 is 1.38 bits per heavy atom. The number of carboxylic acids is 1. The third kappa shape index (κ3) is 3.77. The van der Waals surface area contributed by atoms with E-state index < -0.39 is 5.97 Å². The number of benzene rings is 1. The van der Waals surface area contributed by atoms with Crippen LogP contribution in [0.3, 0.4) is 0 Å². The van der Waals surface area contributed by atoms with E-state index in [1.807, 2.05) is 12.1 Å². The first kappa shape index (κ1) is 12.3. The van der Waals surface area contributed by atoms with Crippen LogP contribution in [0.25, 0.3) is 6.08 Å². The fourth-order valence-electron chi connectivity index (χ4n) is 1.52. The van der Waals surface area contributed by atoms with Gasteiger partial charge in [0.05, 0.1) is 0 Å². The van der Waals surface area contributed by atoms with Crippen LogP contribution in [0.1, 0.15) is 30.4 Å². The zero-order chi connectivity index (χ0) is 12.0. The zero-order valence-corrected chi connectivity index (χ0v) is 9.15. The van der Waals surface area contributed by atoms with Crippen molar-refractivity contribution in [2.45, 2.75) is 25.7 Å². The molecule has 1 rings (SSSR count). The van der Waals surface area contributed by atoms with E-state index in [9.17, 15) is 9.90 Å². The molecule has 3 nitrogen and oxygen atoms in total. The van der Waals surface area contributed by atoms with Gasteiger partial charge in [-0.3, -0.25) is 4.79 Å². The summed E-state index contributed by atoms with van der Waals surface area (Å²) in [6.45, 7) is 3.59. The van der Waals surface area contributed by atoms with Crippen molar-refractivity contribution in [3.05, 3.63) is 35.9 Å². The van der Waals surface area contributed by atoms with Crippen molar-refractivity contribution in [3.63, 3.8) is 0 Å². The third-order valence-corrected chi connectivity index (χ3v) is 2.42. The van der Waals surface area contributed by atoms with Gasteiger partial charge in [0.25, 0.3) is 0 Å². The van der Waals surface area contributed by atoms with Gasteiger partial charge < -0.3 is 10.2 Å². The summed E-state index contributed by atoms with van der Waals surface area (Å²) >= 11 is 0. The van der Waals surface area contributed by atoms with E-state index in [0.29, 0.717) is 12.0 Å². The summed E-state index contributed by atoms with van der Waals surface area (Å²) < 4.78 is 0. The van der Waals surface area contributed by atoms with Crippen molar-refractivity contribution < 1.29 is 15.0 Å². The average Bonchev–Trinajstić information content (AvgIpc) is 2.24. The Morgan fingerprint density at radius 3 is 2.69 bits per heavy atom. The molecule has 0 bridgehead atoms. The largest absolute Gasteiger partial charge is 0.507 e. The van der Waals surface area contributed by atoms with Gasteiger partial charge in [0, 0.05) is 12.0 Å². The highest BCUT2D eigenvalue weighted by Gasteiger charge is 2.01. The first-order valence-corrected chi connectivity index (χ1v) is 5.29.